The molecule has 9 heteroatoms. The summed E-state index contributed by atoms with van der Waals surface area (Å²) in [5, 5.41) is 0. The molecule has 1 amide bonds. The zero-order chi connectivity index (χ0) is 28.3. The maximum atomic E-state index is 13.2. The van der Waals surface area contributed by atoms with E-state index in [1.165, 1.54) is 43.7 Å². The van der Waals surface area contributed by atoms with Gasteiger partial charge in [-0.1, -0.05) is 20.8 Å². The fraction of sp³-hybridized carbons (Fsp3) is 0.759. The number of carbonyl (C=O) groups is 1. The minimum atomic E-state index is -3.69. The Labute approximate surface area is 230 Å². The lowest BCUT2D eigenvalue weighted by Crippen LogP contribution is -2.47. The van der Waals surface area contributed by atoms with Gasteiger partial charge in [-0.15, -0.1) is 0 Å². The van der Waals surface area contributed by atoms with E-state index in [-0.39, 0.29) is 41.4 Å². The summed E-state index contributed by atoms with van der Waals surface area (Å²) >= 11 is 0. The van der Waals surface area contributed by atoms with Gasteiger partial charge in [0, 0.05) is 33.7 Å². The smallest absolute Gasteiger partial charge is 0.248 e. The highest BCUT2D eigenvalue weighted by atomic mass is 32.2. The van der Waals surface area contributed by atoms with Crippen molar-refractivity contribution in [3.05, 3.63) is 23.3 Å². The number of hydrogen-bond acceptors (Lipinski definition) is 6. The van der Waals surface area contributed by atoms with Crippen molar-refractivity contribution in [3.63, 3.8) is 0 Å². The third-order valence-corrected chi connectivity index (χ3v) is 11.6. The molecule has 1 heterocycles. The zero-order valence-electron chi connectivity index (χ0n) is 24.8. The van der Waals surface area contributed by atoms with Crippen LogP contribution in [-0.4, -0.2) is 95.6 Å². The monoisotopic (exact) mass is 551 g/mol. The second kappa shape index (κ2) is 12.2. The fourth-order valence-corrected chi connectivity index (χ4v) is 7.89. The van der Waals surface area contributed by atoms with Crippen LogP contribution in [0.2, 0.25) is 0 Å². The van der Waals surface area contributed by atoms with Crippen LogP contribution in [0.15, 0.2) is 17.0 Å². The fourth-order valence-electron chi connectivity index (χ4n) is 6.33. The number of nitrogens with zero attached hydrogens (tertiary/aromatic N) is 3. The van der Waals surface area contributed by atoms with Crippen LogP contribution in [-0.2, 0) is 19.6 Å². The van der Waals surface area contributed by atoms with Gasteiger partial charge in [-0.05, 0) is 92.6 Å². The van der Waals surface area contributed by atoms with Crippen molar-refractivity contribution in [1.29, 1.82) is 0 Å². The van der Waals surface area contributed by atoms with E-state index in [0.717, 1.165) is 13.0 Å². The van der Waals surface area contributed by atoms with Crippen LogP contribution in [0, 0.1) is 30.6 Å². The van der Waals surface area contributed by atoms with Crippen LogP contribution >= 0.6 is 0 Å². The van der Waals surface area contributed by atoms with Gasteiger partial charge in [0.25, 0.3) is 0 Å². The van der Waals surface area contributed by atoms with Gasteiger partial charge in [0.15, 0.2) is 0 Å². The molecular weight excluding hydrogens is 502 g/mol. The van der Waals surface area contributed by atoms with Crippen molar-refractivity contribution in [2.24, 2.45) is 16.7 Å². The van der Waals surface area contributed by atoms with E-state index < -0.39 is 10.0 Å². The third-order valence-electron chi connectivity index (χ3n) is 9.42. The predicted molar refractivity (Wildman–Crippen MR) is 151 cm³/mol. The zero-order valence-corrected chi connectivity index (χ0v) is 25.6. The molecule has 0 spiro atoms. The average Bonchev–Trinajstić information content (AvgIpc) is 3.43. The van der Waals surface area contributed by atoms with Gasteiger partial charge >= 0.3 is 0 Å². The molecule has 38 heavy (non-hydrogen) atoms. The first-order valence-corrected chi connectivity index (χ1v) is 15.3. The highest BCUT2D eigenvalue weighted by Gasteiger charge is 2.52. The van der Waals surface area contributed by atoms with Crippen LogP contribution < -0.4 is 4.74 Å². The molecule has 1 aromatic rings. The van der Waals surface area contributed by atoms with E-state index in [2.05, 4.69) is 25.7 Å². The molecule has 0 N–H and O–H groups in total. The van der Waals surface area contributed by atoms with Crippen LogP contribution in [0.3, 0.4) is 0 Å². The van der Waals surface area contributed by atoms with Gasteiger partial charge in [0.05, 0.1) is 18.6 Å². The lowest BCUT2D eigenvalue weighted by atomic mass is 9.65. The molecule has 1 aliphatic heterocycles. The molecule has 0 radical (unpaired) electrons. The average molecular weight is 552 g/mol. The molecule has 0 bridgehead atoms. The molecular formula is C29H49N3O5S. The van der Waals surface area contributed by atoms with Gasteiger partial charge < -0.3 is 19.3 Å². The predicted octanol–water partition coefficient (Wildman–Crippen LogP) is 3.95. The van der Waals surface area contributed by atoms with Crippen LogP contribution in [0.4, 0.5) is 0 Å². The molecule has 2 aliphatic rings. The summed E-state index contributed by atoms with van der Waals surface area (Å²) in [6, 6.07) is 3.44. The summed E-state index contributed by atoms with van der Waals surface area (Å²) in [5.41, 5.74) is 1.46. The second-order valence-corrected chi connectivity index (χ2v) is 14.2. The van der Waals surface area contributed by atoms with Crippen LogP contribution in [0.5, 0.6) is 5.75 Å². The number of likely N-dealkylation sites (N-methyl/N-ethyl adjacent to an activating group) is 2. The molecule has 1 aromatic carbocycles. The number of aryl methyl sites for hydroxylation is 2. The molecule has 2 fully saturated rings. The summed E-state index contributed by atoms with van der Waals surface area (Å²) in [6.07, 6.45) is 4.94. The summed E-state index contributed by atoms with van der Waals surface area (Å²) in [6.45, 7) is 15.1. The lowest BCUT2D eigenvalue weighted by molar-refractivity contribution is -0.137. The van der Waals surface area contributed by atoms with Gasteiger partial charge in [-0.3, -0.25) is 4.79 Å². The molecule has 1 saturated heterocycles. The third kappa shape index (κ3) is 6.54. The molecule has 2 atom stereocenters. The van der Waals surface area contributed by atoms with Crippen molar-refractivity contribution in [1.82, 2.24) is 14.1 Å². The van der Waals surface area contributed by atoms with Gasteiger partial charge in [-0.2, -0.15) is 4.31 Å². The maximum Gasteiger partial charge on any atom is 0.248 e. The Bertz CT molecular complexity index is 1060. The number of ether oxygens (including phenoxy) is 2. The molecule has 0 unspecified atom stereocenters. The Morgan fingerprint density at radius 2 is 1.71 bits per heavy atom. The minimum absolute atomic E-state index is 0.0458. The number of benzene rings is 1. The number of carbonyl (C=O) groups excluding carboxylic acids is 1. The van der Waals surface area contributed by atoms with E-state index in [0.29, 0.717) is 29.3 Å². The quantitative estimate of drug-likeness (QED) is 0.366. The van der Waals surface area contributed by atoms with E-state index in [1.807, 2.05) is 7.05 Å². The second-order valence-electron chi connectivity index (χ2n) is 12.2. The van der Waals surface area contributed by atoms with E-state index >= 15 is 0 Å². The van der Waals surface area contributed by atoms with Gasteiger partial charge in [0.1, 0.15) is 12.4 Å². The van der Waals surface area contributed by atoms with E-state index in [9.17, 15) is 13.2 Å². The van der Waals surface area contributed by atoms with Crippen molar-refractivity contribution in [2.75, 3.05) is 67.1 Å². The number of rotatable bonds is 12. The molecule has 1 aliphatic carbocycles. The highest BCUT2D eigenvalue weighted by Crippen LogP contribution is 2.56. The first-order valence-electron chi connectivity index (χ1n) is 13.9. The maximum absolute atomic E-state index is 13.2. The number of likely N-dealkylation sites (tertiary alicyclic amines) is 1. The Morgan fingerprint density at radius 1 is 1.11 bits per heavy atom. The van der Waals surface area contributed by atoms with Crippen molar-refractivity contribution in [2.45, 2.75) is 65.2 Å². The van der Waals surface area contributed by atoms with E-state index in [1.54, 1.807) is 38.0 Å². The molecule has 1 saturated carbocycles. The van der Waals surface area contributed by atoms with Crippen LogP contribution in [0.25, 0.3) is 0 Å². The van der Waals surface area contributed by atoms with Crippen LogP contribution in [0.1, 0.15) is 57.6 Å². The summed E-state index contributed by atoms with van der Waals surface area (Å²) in [5.74, 6) is 1.20. The summed E-state index contributed by atoms with van der Waals surface area (Å²) in [7, 11) is 1.26. The van der Waals surface area contributed by atoms with Gasteiger partial charge in [0.2, 0.25) is 15.9 Å². The Hall–Kier alpha value is -1.68. The Kier molecular flexibility index (Phi) is 9.93. The topological polar surface area (TPSA) is 79.4 Å². The number of methoxy groups -OCH3 is 1. The molecule has 8 nitrogen and oxygen atoms in total. The lowest BCUT2D eigenvalue weighted by Gasteiger charge is -2.44. The highest BCUT2D eigenvalue weighted by molar-refractivity contribution is 7.89. The number of amides is 1. The van der Waals surface area contributed by atoms with Crippen molar-refractivity contribution < 1.29 is 22.7 Å². The normalized spacial score (nSPS) is 23.8. The van der Waals surface area contributed by atoms with E-state index in [4.69, 9.17) is 9.47 Å². The molecule has 3 rings (SSSR count). The molecule has 0 aromatic heterocycles. The number of hydrogen-bond donors (Lipinski definition) is 0. The Balaban J connectivity index is 1.49. The van der Waals surface area contributed by atoms with Gasteiger partial charge in [-0.25, -0.2) is 8.42 Å². The largest absolute Gasteiger partial charge is 0.497 e. The minimum Gasteiger partial charge on any atom is -0.497 e. The molecule has 216 valence electrons. The van der Waals surface area contributed by atoms with Crippen molar-refractivity contribution in [3.8, 4) is 5.75 Å². The number of sulfonamides is 1. The summed E-state index contributed by atoms with van der Waals surface area (Å²) < 4.78 is 38.6. The SMILES string of the molecule is COc1cc(C)c(S(=O)(=O)N(C)CCOCC(=O)N(C)C[C@]2(C)CC[C@H](CN3CCCC3)C2(C)C)c(C)c1. The van der Waals surface area contributed by atoms with Crippen molar-refractivity contribution >= 4 is 15.9 Å². The Morgan fingerprint density at radius 3 is 2.29 bits per heavy atom. The first-order chi connectivity index (χ1) is 17.7. The standard InChI is InChI=1S/C29H49N3O5S/c1-22-17-25(36-8)18-23(2)27(22)38(34,35)31(7)15-16-37-20-26(33)30(6)21-29(5)12-11-24(28(29,3)4)19-32-13-9-10-14-32/h17-18,24H,9-16,19-21H2,1-8H3/t24-,29+/m1/s1. The first kappa shape index (κ1) is 30.9. The summed E-state index contributed by atoms with van der Waals surface area (Å²) in [4.78, 5) is 17.6.